The minimum Gasteiger partial charge on any atom is -0.354 e. The normalized spacial score (nSPS) is 20.6. The number of alkyl halides is 3. The lowest BCUT2D eigenvalue weighted by atomic mass is 10.2. The molecule has 0 bridgehead atoms. The van der Waals surface area contributed by atoms with E-state index in [1.807, 2.05) is 30.3 Å². The van der Waals surface area contributed by atoms with Crippen molar-refractivity contribution >= 4 is 5.84 Å². The molecule has 1 aliphatic rings. The summed E-state index contributed by atoms with van der Waals surface area (Å²) in [5, 5.41) is 0. The fourth-order valence-electron chi connectivity index (χ4n) is 1.85. The molecular weight excluding hydrogens is 229 g/mol. The minimum absolute atomic E-state index is 0.0791. The van der Waals surface area contributed by atoms with Crippen LogP contribution in [0.25, 0.3) is 0 Å². The maximum absolute atomic E-state index is 12.5. The van der Waals surface area contributed by atoms with Crippen molar-refractivity contribution in [3.63, 3.8) is 0 Å². The number of rotatable bonds is 2. The zero-order valence-corrected chi connectivity index (χ0v) is 9.41. The van der Waals surface area contributed by atoms with E-state index in [2.05, 4.69) is 4.99 Å². The molecule has 1 heterocycles. The number of nitrogens with zero attached hydrogens (tertiary/aromatic N) is 2. The Morgan fingerprint density at radius 3 is 2.47 bits per heavy atom. The van der Waals surface area contributed by atoms with Gasteiger partial charge in [-0.05, 0) is 12.5 Å². The van der Waals surface area contributed by atoms with Crippen LogP contribution in [0.3, 0.4) is 0 Å². The molecule has 1 atom stereocenters. The summed E-state index contributed by atoms with van der Waals surface area (Å²) in [7, 11) is 0. The molecule has 0 fully saturated rings. The Balaban J connectivity index is 2.04. The fourth-order valence-corrected chi connectivity index (χ4v) is 1.85. The standard InChI is InChI=1S/C12H13F3N2/c1-9-16-11(12(13,14)15)8-17(9)7-10-5-3-2-4-6-10/h2-6,11H,7-8H2,1H3. The van der Waals surface area contributed by atoms with Crippen molar-refractivity contribution in [1.29, 1.82) is 0 Å². The lowest BCUT2D eigenvalue weighted by molar-refractivity contribution is -0.146. The summed E-state index contributed by atoms with van der Waals surface area (Å²) in [6, 6.07) is 7.85. The highest BCUT2D eigenvalue weighted by molar-refractivity contribution is 5.81. The largest absolute Gasteiger partial charge is 0.412 e. The number of amidine groups is 1. The predicted octanol–water partition coefficient (Wildman–Crippen LogP) is 2.85. The molecule has 1 unspecified atom stereocenters. The van der Waals surface area contributed by atoms with Crippen molar-refractivity contribution in [3.05, 3.63) is 35.9 Å². The highest BCUT2D eigenvalue weighted by Crippen LogP contribution is 2.28. The quantitative estimate of drug-likeness (QED) is 0.778. The molecule has 0 saturated carbocycles. The first-order valence-electron chi connectivity index (χ1n) is 5.37. The monoisotopic (exact) mass is 242 g/mol. The Kier molecular flexibility index (Phi) is 3.09. The average molecular weight is 242 g/mol. The van der Waals surface area contributed by atoms with Gasteiger partial charge in [0.1, 0.15) is 0 Å². The molecule has 5 heteroatoms. The number of hydrogen-bond donors (Lipinski definition) is 0. The van der Waals surface area contributed by atoms with Gasteiger partial charge in [-0.2, -0.15) is 13.2 Å². The fraction of sp³-hybridized carbons (Fsp3) is 0.417. The summed E-state index contributed by atoms with van der Waals surface area (Å²) < 4.78 is 37.5. The van der Waals surface area contributed by atoms with Crippen LogP contribution in [-0.4, -0.2) is 29.5 Å². The van der Waals surface area contributed by atoms with Crippen LogP contribution in [-0.2, 0) is 6.54 Å². The first-order chi connectivity index (χ1) is 7.97. The van der Waals surface area contributed by atoms with E-state index < -0.39 is 12.2 Å². The van der Waals surface area contributed by atoms with Crippen LogP contribution in [0.1, 0.15) is 12.5 Å². The maximum atomic E-state index is 12.5. The molecule has 1 aliphatic heterocycles. The summed E-state index contributed by atoms with van der Waals surface area (Å²) in [4.78, 5) is 5.32. The Labute approximate surface area is 97.8 Å². The van der Waals surface area contributed by atoms with Gasteiger partial charge in [0.2, 0.25) is 0 Å². The Bertz CT molecular complexity index is 412. The summed E-state index contributed by atoms with van der Waals surface area (Å²) in [5.41, 5.74) is 0.991. The zero-order valence-electron chi connectivity index (χ0n) is 9.41. The van der Waals surface area contributed by atoms with Gasteiger partial charge in [0, 0.05) is 6.54 Å². The van der Waals surface area contributed by atoms with Gasteiger partial charge in [0.15, 0.2) is 6.04 Å². The van der Waals surface area contributed by atoms with Gasteiger partial charge in [-0.25, -0.2) is 0 Å². The second-order valence-corrected chi connectivity index (χ2v) is 4.10. The average Bonchev–Trinajstić information content (AvgIpc) is 2.62. The topological polar surface area (TPSA) is 15.6 Å². The van der Waals surface area contributed by atoms with E-state index in [4.69, 9.17) is 0 Å². The third kappa shape index (κ3) is 2.78. The van der Waals surface area contributed by atoms with Crippen molar-refractivity contribution in [2.24, 2.45) is 4.99 Å². The lowest BCUT2D eigenvalue weighted by Gasteiger charge is -2.20. The Hall–Kier alpha value is -1.52. The molecule has 2 rings (SSSR count). The van der Waals surface area contributed by atoms with Crippen molar-refractivity contribution in [1.82, 2.24) is 4.90 Å². The SMILES string of the molecule is CC1=NC(C(F)(F)F)CN1Cc1ccccc1. The lowest BCUT2D eigenvalue weighted by Crippen LogP contribution is -2.34. The molecule has 17 heavy (non-hydrogen) atoms. The van der Waals surface area contributed by atoms with Crippen LogP contribution in [0.2, 0.25) is 0 Å². The van der Waals surface area contributed by atoms with E-state index in [0.29, 0.717) is 12.4 Å². The van der Waals surface area contributed by atoms with Gasteiger partial charge in [0.25, 0.3) is 0 Å². The van der Waals surface area contributed by atoms with E-state index >= 15 is 0 Å². The van der Waals surface area contributed by atoms with Crippen molar-refractivity contribution in [3.8, 4) is 0 Å². The third-order valence-corrected chi connectivity index (χ3v) is 2.79. The Morgan fingerprint density at radius 1 is 1.29 bits per heavy atom. The first-order valence-corrected chi connectivity index (χ1v) is 5.37. The molecule has 92 valence electrons. The van der Waals surface area contributed by atoms with E-state index in [9.17, 15) is 13.2 Å². The van der Waals surface area contributed by atoms with Gasteiger partial charge in [0.05, 0.1) is 12.4 Å². The summed E-state index contributed by atoms with van der Waals surface area (Å²) >= 11 is 0. The molecule has 0 aromatic heterocycles. The molecular formula is C12H13F3N2. The zero-order chi connectivity index (χ0) is 12.5. The maximum Gasteiger partial charge on any atom is 0.412 e. The van der Waals surface area contributed by atoms with E-state index in [1.54, 1.807) is 11.8 Å². The molecule has 0 N–H and O–H groups in total. The van der Waals surface area contributed by atoms with Crippen LogP contribution < -0.4 is 0 Å². The van der Waals surface area contributed by atoms with Crippen LogP contribution in [0, 0.1) is 0 Å². The molecule has 0 saturated heterocycles. The number of aliphatic imine (C=N–C) groups is 1. The van der Waals surface area contributed by atoms with Gasteiger partial charge < -0.3 is 4.90 Å². The highest BCUT2D eigenvalue weighted by atomic mass is 19.4. The van der Waals surface area contributed by atoms with Gasteiger partial charge in [-0.1, -0.05) is 30.3 Å². The number of hydrogen-bond acceptors (Lipinski definition) is 2. The van der Waals surface area contributed by atoms with E-state index in [0.717, 1.165) is 5.56 Å². The van der Waals surface area contributed by atoms with Crippen LogP contribution in [0.15, 0.2) is 35.3 Å². The molecule has 1 aromatic rings. The van der Waals surface area contributed by atoms with E-state index in [-0.39, 0.29) is 6.54 Å². The predicted molar refractivity (Wildman–Crippen MR) is 59.8 cm³/mol. The van der Waals surface area contributed by atoms with Crippen molar-refractivity contribution in [2.45, 2.75) is 25.7 Å². The molecule has 0 aliphatic carbocycles. The van der Waals surface area contributed by atoms with Crippen LogP contribution in [0.5, 0.6) is 0 Å². The molecule has 1 aromatic carbocycles. The molecule has 0 amide bonds. The Morgan fingerprint density at radius 2 is 1.94 bits per heavy atom. The van der Waals surface area contributed by atoms with Crippen LogP contribution in [0.4, 0.5) is 13.2 Å². The second kappa shape index (κ2) is 4.39. The molecule has 0 spiro atoms. The number of benzene rings is 1. The van der Waals surface area contributed by atoms with Gasteiger partial charge >= 0.3 is 6.18 Å². The minimum atomic E-state index is -4.24. The molecule has 0 radical (unpaired) electrons. The number of halogens is 3. The van der Waals surface area contributed by atoms with Gasteiger partial charge in [-0.15, -0.1) is 0 Å². The third-order valence-electron chi connectivity index (χ3n) is 2.79. The van der Waals surface area contributed by atoms with Gasteiger partial charge in [-0.3, -0.25) is 4.99 Å². The first kappa shape index (κ1) is 12.0. The van der Waals surface area contributed by atoms with E-state index in [1.165, 1.54) is 0 Å². The highest BCUT2D eigenvalue weighted by Gasteiger charge is 2.43. The summed E-state index contributed by atoms with van der Waals surface area (Å²) in [6.45, 7) is 2.02. The second-order valence-electron chi connectivity index (χ2n) is 4.10. The van der Waals surface area contributed by atoms with Crippen molar-refractivity contribution < 1.29 is 13.2 Å². The molecule has 2 nitrogen and oxygen atoms in total. The van der Waals surface area contributed by atoms with Crippen LogP contribution >= 0.6 is 0 Å². The smallest absolute Gasteiger partial charge is 0.354 e. The summed E-state index contributed by atoms with van der Waals surface area (Å²) in [6.07, 6.45) is -4.24. The summed E-state index contributed by atoms with van der Waals surface area (Å²) in [5.74, 6) is 0.455. The van der Waals surface area contributed by atoms with Crippen molar-refractivity contribution in [2.75, 3.05) is 6.54 Å².